The molecular formula is C13H24N2O2. The van der Waals surface area contributed by atoms with Gasteiger partial charge in [0.25, 0.3) is 0 Å². The van der Waals surface area contributed by atoms with E-state index in [1.165, 1.54) is 32.1 Å². The number of nitrogens with two attached hydrogens (primary N) is 1. The highest BCUT2D eigenvalue weighted by molar-refractivity contribution is 5.71. The molecule has 0 saturated carbocycles. The van der Waals surface area contributed by atoms with E-state index in [1.807, 2.05) is 0 Å². The largest absolute Gasteiger partial charge is 0.350 e. The molecule has 0 aromatic heterocycles. The van der Waals surface area contributed by atoms with Gasteiger partial charge >= 0.3 is 6.03 Å². The van der Waals surface area contributed by atoms with Crippen molar-refractivity contribution in [3.05, 3.63) is 0 Å². The third kappa shape index (κ3) is 8.58. The van der Waals surface area contributed by atoms with Crippen LogP contribution in [0.4, 0.5) is 4.79 Å². The summed E-state index contributed by atoms with van der Waals surface area (Å²) >= 11 is 0. The fourth-order valence-electron chi connectivity index (χ4n) is 1.47. The summed E-state index contributed by atoms with van der Waals surface area (Å²) in [5.41, 5.74) is 4.90. The quantitative estimate of drug-likeness (QED) is 0.311. The van der Waals surface area contributed by atoms with E-state index >= 15 is 0 Å². The Hall–Kier alpha value is -1.21. The van der Waals surface area contributed by atoms with E-state index in [0.717, 1.165) is 12.8 Å². The first-order chi connectivity index (χ1) is 8.09. The van der Waals surface area contributed by atoms with Gasteiger partial charge in [-0.05, 0) is 13.3 Å². The van der Waals surface area contributed by atoms with Crippen LogP contribution in [0.15, 0.2) is 0 Å². The van der Waals surface area contributed by atoms with Crippen LogP contribution < -0.4 is 5.73 Å². The van der Waals surface area contributed by atoms with Crippen molar-refractivity contribution in [2.24, 2.45) is 5.73 Å². The maximum atomic E-state index is 10.6. The molecule has 0 bridgehead atoms. The van der Waals surface area contributed by atoms with Gasteiger partial charge in [-0.2, -0.15) is 5.06 Å². The summed E-state index contributed by atoms with van der Waals surface area (Å²) in [5.74, 6) is 5.74. The van der Waals surface area contributed by atoms with Gasteiger partial charge in [-0.3, -0.25) is 5.21 Å². The Balaban J connectivity index is 3.57. The van der Waals surface area contributed by atoms with Crippen LogP contribution in [0.2, 0.25) is 0 Å². The lowest BCUT2D eigenvalue weighted by atomic mass is 10.1. The Kier molecular flexibility index (Phi) is 9.27. The monoisotopic (exact) mass is 240 g/mol. The van der Waals surface area contributed by atoms with Crippen LogP contribution in [0, 0.1) is 11.8 Å². The smallest absolute Gasteiger partial charge is 0.339 e. The molecule has 0 aliphatic heterocycles. The van der Waals surface area contributed by atoms with Crippen molar-refractivity contribution < 1.29 is 10.0 Å². The molecule has 0 aliphatic carbocycles. The lowest BCUT2D eigenvalue weighted by Crippen LogP contribution is -2.38. The SMILES string of the molecule is CCCCCCCCC#CC(C)N(O)C(N)=O. The van der Waals surface area contributed by atoms with Crippen molar-refractivity contribution in [2.45, 2.75) is 64.8 Å². The van der Waals surface area contributed by atoms with Crippen LogP contribution in [0.1, 0.15) is 58.8 Å². The van der Waals surface area contributed by atoms with Crippen molar-refractivity contribution >= 4 is 6.03 Å². The van der Waals surface area contributed by atoms with Gasteiger partial charge in [-0.15, -0.1) is 5.92 Å². The number of nitrogens with zero attached hydrogens (tertiary/aromatic N) is 1. The number of hydrogen-bond donors (Lipinski definition) is 2. The van der Waals surface area contributed by atoms with Gasteiger partial charge < -0.3 is 5.73 Å². The van der Waals surface area contributed by atoms with Crippen molar-refractivity contribution in [2.75, 3.05) is 0 Å². The average Bonchev–Trinajstić information content (AvgIpc) is 2.31. The Morgan fingerprint density at radius 2 is 1.88 bits per heavy atom. The van der Waals surface area contributed by atoms with Crippen molar-refractivity contribution in [1.82, 2.24) is 5.06 Å². The van der Waals surface area contributed by atoms with Gasteiger partial charge in [0.2, 0.25) is 0 Å². The Morgan fingerprint density at radius 3 is 2.47 bits per heavy atom. The molecule has 0 rings (SSSR count). The van der Waals surface area contributed by atoms with Gasteiger partial charge in [0.15, 0.2) is 0 Å². The van der Waals surface area contributed by atoms with Crippen LogP contribution in [-0.4, -0.2) is 22.3 Å². The number of unbranched alkanes of at least 4 members (excludes halogenated alkanes) is 6. The predicted molar refractivity (Wildman–Crippen MR) is 68.4 cm³/mol. The van der Waals surface area contributed by atoms with E-state index in [2.05, 4.69) is 18.8 Å². The molecule has 0 aromatic carbocycles. The maximum absolute atomic E-state index is 10.6. The third-order valence-corrected chi connectivity index (χ3v) is 2.56. The maximum Gasteiger partial charge on any atom is 0.339 e. The number of urea groups is 1. The Morgan fingerprint density at radius 1 is 1.29 bits per heavy atom. The zero-order valence-corrected chi connectivity index (χ0v) is 10.9. The molecule has 1 atom stereocenters. The number of rotatable bonds is 7. The predicted octanol–water partition coefficient (Wildman–Crippen LogP) is 2.90. The Bertz CT molecular complexity index is 268. The molecule has 2 amide bonds. The molecule has 17 heavy (non-hydrogen) atoms. The van der Waals surface area contributed by atoms with Gasteiger partial charge in [-0.1, -0.05) is 44.9 Å². The van der Waals surface area contributed by atoms with E-state index in [9.17, 15) is 4.79 Å². The highest BCUT2D eigenvalue weighted by atomic mass is 16.5. The number of primary amides is 1. The zero-order valence-electron chi connectivity index (χ0n) is 10.9. The second-order valence-corrected chi connectivity index (χ2v) is 4.20. The van der Waals surface area contributed by atoms with Crippen LogP contribution in [0.25, 0.3) is 0 Å². The number of hydrogen-bond acceptors (Lipinski definition) is 2. The van der Waals surface area contributed by atoms with E-state index < -0.39 is 12.1 Å². The molecule has 4 nitrogen and oxygen atoms in total. The molecule has 1 unspecified atom stereocenters. The molecule has 0 radical (unpaired) electrons. The fourth-order valence-corrected chi connectivity index (χ4v) is 1.47. The molecule has 0 aliphatic rings. The van der Waals surface area contributed by atoms with Gasteiger partial charge in [0.1, 0.15) is 6.04 Å². The molecule has 3 N–H and O–H groups in total. The minimum Gasteiger partial charge on any atom is -0.350 e. The van der Waals surface area contributed by atoms with Crippen LogP contribution in [-0.2, 0) is 0 Å². The first-order valence-corrected chi connectivity index (χ1v) is 6.35. The van der Waals surface area contributed by atoms with Crippen LogP contribution >= 0.6 is 0 Å². The molecule has 0 heterocycles. The summed E-state index contributed by atoms with van der Waals surface area (Å²) in [5, 5.41) is 9.60. The number of amides is 2. The zero-order chi connectivity index (χ0) is 13.1. The van der Waals surface area contributed by atoms with E-state index in [-0.39, 0.29) is 0 Å². The molecular weight excluding hydrogens is 216 g/mol. The minimum atomic E-state index is -0.869. The van der Waals surface area contributed by atoms with Gasteiger partial charge in [-0.25, -0.2) is 4.79 Å². The molecule has 0 fully saturated rings. The summed E-state index contributed by atoms with van der Waals surface area (Å²) in [6, 6.07) is -1.40. The first-order valence-electron chi connectivity index (χ1n) is 6.35. The number of hydroxylamine groups is 2. The van der Waals surface area contributed by atoms with E-state index in [4.69, 9.17) is 10.9 Å². The number of carbonyl (C=O) groups excluding carboxylic acids is 1. The lowest BCUT2D eigenvalue weighted by molar-refractivity contribution is -0.0536. The summed E-state index contributed by atoms with van der Waals surface area (Å²) in [6.07, 6.45) is 8.21. The van der Waals surface area contributed by atoms with Gasteiger partial charge in [0.05, 0.1) is 0 Å². The third-order valence-electron chi connectivity index (χ3n) is 2.56. The van der Waals surface area contributed by atoms with Crippen molar-refractivity contribution in [1.29, 1.82) is 0 Å². The molecule has 0 aromatic rings. The summed E-state index contributed by atoms with van der Waals surface area (Å²) in [4.78, 5) is 10.6. The highest BCUT2D eigenvalue weighted by Crippen LogP contribution is 2.06. The standard InChI is InChI=1S/C13H24N2O2/c1-3-4-5-6-7-8-9-10-11-12(2)15(17)13(14)16/h12,17H,3-9H2,1-2H3,(H2,14,16). The summed E-state index contributed by atoms with van der Waals surface area (Å²) in [6.45, 7) is 3.84. The molecule has 0 saturated heterocycles. The normalized spacial score (nSPS) is 11.5. The van der Waals surface area contributed by atoms with Crippen molar-refractivity contribution in [3.8, 4) is 11.8 Å². The molecule has 4 heteroatoms. The van der Waals surface area contributed by atoms with Crippen LogP contribution in [0.5, 0.6) is 0 Å². The van der Waals surface area contributed by atoms with E-state index in [1.54, 1.807) is 6.92 Å². The molecule has 0 spiro atoms. The molecule has 98 valence electrons. The second-order valence-electron chi connectivity index (χ2n) is 4.20. The lowest BCUT2D eigenvalue weighted by Gasteiger charge is -2.14. The van der Waals surface area contributed by atoms with Gasteiger partial charge in [0, 0.05) is 6.42 Å². The average molecular weight is 240 g/mol. The minimum absolute atomic E-state index is 0.453. The summed E-state index contributed by atoms with van der Waals surface area (Å²) in [7, 11) is 0. The summed E-state index contributed by atoms with van der Waals surface area (Å²) < 4.78 is 0. The first kappa shape index (κ1) is 15.8. The topological polar surface area (TPSA) is 66.6 Å². The van der Waals surface area contributed by atoms with E-state index in [0.29, 0.717) is 5.06 Å². The fraction of sp³-hybridized carbons (Fsp3) is 0.769. The Labute approximate surface area is 104 Å². The number of carbonyl (C=O) groups is 1. The van der Waals surface area contributed by atoms with Crippen molar-refractivity contribution in [3.63, 3.8) is 0 Å². The highest BCUT2D eigenvalue weighted by Gasteiger charge is 2.11. The van der Waals surface area contributed by atoms with Crippen LogP contribution in [0.3, 0.4) is 0 Å². The second kappa shape index (κ2) is 9.98.